The summed E-state index contributed by atoms with van der Waals surface area (Å²) in [6, 6.07) is 10.7. The van der Waals surface area contributed by atoms with Crippen molar-refractivity contribution in [1.82, 2.24) is 14.8 Å². The third-order valence-corrected chi connectivity index (χ3v) is 6.26. The smallest absolute Gasteiger partial charge is 0.226 e. The molecule has 0 aliphatic heterocycles. The number of thiazole rings is 1. The maximum Gasteiger partial charge on any atom is 0.226 e. The van der Waals surface area contributed by atoms with Gasteiger partial charge >= 0.3 is 0 Å². The Morgan fingerprint density at radius 3 is 2.61 bits per heavy atom. The van der Waals surface area contributed by atoms with E-state index in [9.17, 15) is 4.79 Å². The van der Waals surface area contributed by atoms with E-state index in [4.69, 9.17) is 5.26 Å². The highest BCUT2D eigenvalue weighted by Crippen LogP contribution is 2.30. The number of benzene rings is 1. The summed E-state index contributed by atoms with van der Waals surface area (Å²) in [4.78, 5) is 18.3. The lowest BCUT2D eigenvalue weighted by atomic mass is 10.1. The molecule has 0 radical (unpaired) electrons. The normalized spacial score (nSPS) is 10.8. The first-order chi connectivity index (χ1) is 14.9. The monoisotopic (exact) mass is 435 g/mol. The van der Waals surface area contributed by atoms with Crippen LogP contribution in [0.3, 0.4) is 0 Å². The average Bonchev–Trinajstić information content (AvgIpc) is 3.24. The highest BCUT2D eigenvalue weighted by atomic mass is 32.1. The van der Waals surface area contributed by atoms with E-state index < -0.39 is 0 Å². The molecule has 0 unspecified atom stereocenters. The molecule has 1 amide bonds. The van der Waals surface area contributed by atoms with E-state index in [1.807, 2.05) is 25.5 Å². The number of aryl methyl sites for hydroxylation is 4. The number of nitrogens with one attached hydrogen (secondary N) is 1. The maximum atomic E-state index is 12.5. The van der Waals surface area contributed by atoms with Crippen molar-refractivity contribution in [2.75, 3.05) is 5.32 Å². The van der Waals surface area contributed by atoms with Crippen LogP contribution in [-0.2, 0) is 24.2 Å². The number of nitriles is 1. The Hall–Kier alpha value is -2.98. The minimum Gasteiger partial charge on any atom is -0.302 e. The van der Waals surface area contributed by atoms with Crippen LogP contribution in [0.4, 0.5) is 5.13 Å². The SMILES string of the molecule is CCCc1ccc(-c2nc(NC(=O)CCc3c(C)nn(CCC#N)c3C)sc2C)cc1. The standard InChI is InChI=1S/C24H29N5OS/c1-5-7-19-8-10-20(11-9-19)23-18(4)31-24(27-23)26-22(30)13-12-21-16(2)28-29(17(21)3)15-6-14-25/h8-11H,5-7,12-13,15H2,1-4H3,(H,26,27,30). The summed E-state index contributed by atoms with van der Waals surface area (Å²) >= 11 is 1.50. The predicted octanol–water partition coefficient (Wildman–Crippen LogP) is 5.37. The third-order valence-electron chi connectivity index (χ3n) is 5.38. The van der Waals surface area contributed by atoms with Gasteiger partial charge in [-0.25, -0.2) is 4.98 Å². The van der Waals surface area contributed by atoms with Crippen molar-refractivity contribution in [3.8, 4) is 17.3 Å². The van der Waals surface area contributed by atoms with Gasteiger partial charge in [-0.3, -0.25) is 9.48 Å². The van der Waals surface area contributed by atoms with Gasteiger partial charge in [0.15, 0.2) is 5.13 Å². The molecule has 3 aromatic rings. The minimum absolute atomic E-state index is 0.0535. The highest BCUT2D eigenvalue weighted by Gasteiger charge is 2.15. The van der Waals surface area contributed by atoms with Gasteiger partial charge in [0.1, 0.15) is 0 Å². The Balaban J connectivity index is 1.62. The van der Waals surface area contributed by atoms with Crippen LogP contribution in [0.2, 0.25) is 0 Å². The molecule has 0 atom stereocenters. The summed E-state index contributed by atoms with van der Waals surface area (Å²) in [5.74, 6) is -0.0535. The number of carbonyl (C=O) groups excluding carboxylic acids is 1. The molecule has 0 aliphatic carbocycles. The Morgan fingerprint density at radius 1 is 1.19 bits per heavy atom. The van der Waals surface area contributed by atoms with E-state index in [1.54, 1.807) is 0 Å². The number of aromatic nitrogens is 3. The van der Waals surface area contributed by atoms with Crippen molar-refractivity contribution >= 4 is 22.4 Å². The van der Waals surface area contributed by atoms with Gasteiger partial charge in [0.2, 0.25) is 5.91 Å². The average molecular weight is 436 g/mol. The molecule has 1 N–H and O–H groups in total. The van der Waals surface area contributed by atoms with Crippen LogP contribution in [0.15, 0.2) is 24.3 Å². The maximum absolute atomic E-state index is 12.5. The third kappa shape index (κ3) is 5.59. The number of rotatable bonds is 9. The van der Waals surface area contributed by atoms with Crippen LogP contribution in [0.5, 0.6) is 0 Å². The van der Waals surface area contributed by atoms with Gasteiger partial charge in [-0.05, 0) is 44.7 Å². The van der Waals surface area contributed by atoms with E-state index in [0.717, 1.165) is 45.9 Å². The first kappa shape index (κ1) is 22.7. The number of anilines is 1. The fraction of sp³-hybridized carbons (Fsp3) is 0.417. The molecule has 7 heteroatoms. The molecular weight excluding hydrogens is 406 g/mol. The predicted molar refractivity (Wildman–Crippen MR) is 125 cm³/mol. The summed E-state index contributed by atoms with van der Waals surface area (Å²) in [7, 11) is 0. The highest BCUT2D eigenvalue weighted by molar-refractivity contribution is 7.16. The molecule has 162 valence electrons. The number of hydrogen-bond acceptors (Lipinski definition) is 5. The van der Waals surface area contributed by atoms with Crippen molar-refractivity contribution in [1.29, 1.82) is 5.26 Å². The van der Waals surface area contributed by atoms with Crippen molar-refractivity contribution in [2.45, 2.75) is 66.3 Å². The summed E-state index contributed by atoms with van der Waals surface area (Å²) in [5, 5.41) is 16.9. The fourth-order valence-corrected chi connectivity index (χ4v) is 4.58. The van der Waals surface area contributed by atoms with Gasteiger partial charge in [-0.15, -0.1) is 11.3 Å². The Labute approximate surface area is 187 Å². The molecule has 0 saturated heterocycles. The lowest BCUT2D eigenvalue weighted by molar-refractivity contribution is -0.116. The summed E-state index contributed by atoms with van der Waals surface area (Å²) in [6.07, 6.45) is 3.62. The van der Waals surface area contributed by atoms with Crippen LogP contribution in [0.25, 0.3) is 11.3 Å². The Kier molecular flexibility index (Phi) is 7.59. The molecule has 3 rings (SSSR count). The molecule has 0 fully saturated rings. The molecule has 2 aromatic heterocycles. The van der Waals surface area contributed by atoms with Crippen molar-refractivity contribution in [2.24, 2.45) is 0 Å². The van der Waals surface area contributed by atoms with Gasteiger partial charge in [0, 0.05) is 22.6 Å². The number of nitrogens with zero attached hydrogens (tertiary/aromatic N) is 4. The van der Waals surface area contributed by atoms with Crippen LogP contribution in [0.1, 0.15) is 53.6 Å². The van der Waals surface area contributed by atoms with Crippen molar-refractivity contribution in [3.63, 3.8) is 0 Å². The molecule has 31 heavy (non-hydrogen) atoms. The van der Waals surface area contributed by atoms with Gasteiger partial charge in [0.05, 0.1) is 30.4 Å². The van der Waals surface area contributed by atoms with Gasteiger partial charge in [-0.1, -0.05) is 37.6 Å². The van der Waals surface area contributed by atoms with E-state index in [-0.39, 0.29) is 5.91 Å². The van der Waals surface area contributed by atoms with E-state index in [2.05, 4.69) is 52.7 Å². The topological polar surface area (TPSA) is 83.6 Å². The Bertz CT molecular complexity index is 1090. The first-order valence-electron chi connectivity index (χ1n) is 10.7. The van der Waals surface area contributed by atoms with Gasteiger partial charge < -0.3 is 5.32 Å². The van der Waals surface area contributed by atoms with E-state index in [0.29, 0.717) is 30.9 Å². The van der Waals surface area contributed by atoms with E-state index >= 15 is 0 Å². The molecule has 2 heterocycles. The second-order valence-electron chi connectivity index (χ2n) is 7.70. The quantitative estimate of drug-likeness (QED) is 0.490. The van der Waals surface area contributed by atoms with Gasteiger partial charge in [-0.2, -0.15) is 10.4 Å². The number of carbonyl (C=O) groups is 1. The lowest BCUT2D eigenvalue weighted by Gasteiger charge is -2.04. The van der Waals surface area contributed by atoms with Crippen molar-refractivity contribution < 1.29 is 4.79 Å². The molecule has 0 saturated carbocycles. The zero-order valence-corrected chi connectivity index (χ0v) is 19.5. The minimum atomic E-state index is -0.0535. The Morgan fingerprint density at radius 2 is 1.94 bits per heavy atom. The lowest BCUT2D eigenvalue weighted by Crippen LogP contribution is -2.12. The number of hydrogen-bond donors (Lipinski definition) is 1. The molecule has 0 spiro atoms. The van der Waals surface area contributed by atoms with Gasteiger partial charge in [0.25, 0.3) is 0 Å². The molecule has 0 aliphatic rings. The number of amides is 1. The summed E-state index contributed by atoms with van der Waals surface area (Å²) in [6.45, 7) is 8.73. The van der Waals surface area contributed by atoms with Crippen LogP contribution < -0.4 is 5.32 Å². The van der Waals surface area contributed by atoms with E-state index in [1.165, 1.54) is 16.9 Å². The van der Waals surface area contributed by atoms with Crippen LogP contribution >= 0.6 is 11.3 Å². The van der Waals surface area contributed by atoms with Crippen molar-refractivity contribution in [3.05, 3.63) is 51.7 Å². The molecule has 6 nitrogen and oxygen atoms in total. The van der Waals surface area contributed by atoms with Crippen LogP contribution in [-0.4, -0.2) is 20.7 Å². The molecule has 1 aromatic carbocycles. The first-order valence-corrected chi connectivity index (χ1v) is 11.5. The molecular formula is C24H29N5OS. The zero-order chi connectivity index (χ0) is 22.4. The summed E-state index contributed by atoms with van der Waals surface area (Å²) in [5.41, 5.74) is 6.35. The zero-order valence-electron chi connectivity index (χ0n) is 18.7. The summed E-state index contributed by atoms with van der Waals surface area (Å²) < 4.78 is 1.86. The molecule has 0 bridgehead atoms. The second kappa shape index (κ2) is 10.4. The fourth-order valence-electron chi connectivity index (χ4n) is 3.73. The van der Waals surface area contributed by atoms with Crippen LogP contribution in [0, 0.1) is 32.1 Å². The largest absolute Gasteiger partial charge is 0.302 e. The second-order valence-corrected chi connectivity index (χ2v) is 8.90.